The molecule has 0 spiro atoms. The number of carbonyl (C=O) groups is 1. The number of halogens is 1. The van der Waals surface area contributed by atoms with Gasteiger partial charge in [-0.15, -0.1) is 0 Å². The van der Waals surface area contributed by atoms with Gasteiger partial charge in [0.2, 0.25) is 0 Å². The highest BCUT2D eigenvalue weighted by Gasteiger charge is 2.32. The molecular formula is C14H20ClN3O. The van der Waals surface area contributed by atoms with Crippen molar-refractivity contribution in [2.24, 2.45) is 0 Å². The highest BCUT2D eigenvalue weighted by molar-refractivity contribution is 6.33. The third-order valence-electron chi connectivity index (χ3n) is 3.15. The van der Waals surface area contributed by atoms with Crippen molar-refractivity contribution in [2.75, 3.05) is 18.4 Å². The first-order chi connectivity index (χ1) is 9.17. The number of carbonyl (C=O) groups excluding carboxylic acids is 1. The summed E-state index contributed by atoms with van der Waals surface area (Å²) in [5.41, 5.74) is 0.576. The molecule has 4 nitrogen and oxygen atoms in total. The van der Waals surface area contributed by atoms with Crippen molar-refractivity contribution in [1.82, 2.24) is 9.88 Å². The molecule has 1 aromatic heterocycles. The van der Waals surface area contributed by atoms with Gasteiger partial charge >= 0.3 is 0 Å². The maximum Gasteiger partial charge on any atom is 0.255 e. The Morgan fingerprint density at radius 3 is 2.79 bits per heavy atom. The first-order valence-electron chi connectivity index (χ1n) is 6.87. The van der Waals surface area contributed by atoms with Crippen molar-refractivity contribution in [3.05, 3.63) is 22.8 Å². The summed E-state index contributed by atoms with van der Waals surface area (Å²) in [5.74, 6) is 0.677. The number of nitrogens with zero attached hydrogens (tertiary/aromatic N) is 2. The van der Waals surface area contributed by atoms with Gasteiger partial charge in [-0.05, 0) is 32.3 Å². The third-order valence-corrected chi connectivity index (χ3v) is 3.43. The van der Waals surface area contributed by atoms with Crippen LogP contribution in [0.4, 0.5) is 5.82 Å². The summed E-state index contributed by atoms with van der Waals surface area (Å²) in [4.78, 5) is 18.6. The van der Waals surface area contributed by atoms with Crippen LogP contribution in [-0.4, -0.2) is 34.9 Å². The van der Waals surface area contributed by atoms with Crippen LogP contribution in [0.1, 0.15) is 43.5 Å². The second kappa shape index (κ2) is 6.24. The van der Waals surface area contributed by atoms with Crippen molar-refractivity contribution in [3.8, 4) is 0 Å². The van der Waals surface area contributed by atoms with Crippen LogP contribution in [0.2, 0.25) is 5.02 Å². The van der Waals surface area contributed by atoms with Gasteiger partial charge in [0.05, 0.1) is 10.6 Å². The first-order valence-corrected chi connectivity index (χ1v) is 7.25. The van der Waals surface area contributed by atoms with Gasteiger partial charge in [0.1, 0.15) is 5.82 Å². The minimum atomic E-state index is 0.0433. The second-order valence-corrected chi connectivity index (χ2v) is 5.22. The minimum Gasteiger partial charge on any atom is -0.369 e. The molecule has 1 aromatic rings. The molecular weight excluding hydrogens is 262 g/mol. The Morgan fingerprint density at radius 2 is 2.26 bits per heavy atom. The Bertz CT molecular complexity index is 460. The Morgan fingerprint density at radius 1 is 1.53 bits per heavy atom. The third kappa shape index (κ3) is 3.38. The summed E-state index contributed by atoms with van der Waals surface area (Å²) < 4.78 is 0. The topological polar surface area (TPSA) is 45.2 Å². The van der Waals surface area contributed by atoms with Crippen LogP contribution in [0.3, 0.4) is 0 Å². The molecule has 0 unspecified atom stereocenters. The fourth-order valence-electron chi connectivity index (χ4n) is 2.10. The van der Waals surface area contributed by atoms with Crippen LogP contribution in [-0.2, 0) is 0 Å². The number of nitrogens with one attached hydrogen (secondary N) is 1. The normalized spacial score (nSPS) is 14.3. The van der Waals surface area contributed by atoms with Gasteiger partial charge in [0, 0.05) is 25.3 Å². The molecule has 1 saturated carbocycles. The number of hydrogen-bond donors (Lipinski definition) is 1. The molecule has 0 saturated heterocycles. The first kappa shape index (κ1) is 14.1. The van der Waals surface area contributed by atoms with Gasteiger partial charge < -0.3 is 10.2 Å². The summed E-state index contributed by atoms with van der Waals surface area (Å²) >= 11 is 6.13. The number of anilines is 1. The highest BCUT2D eigenvalue weighted by Crippen LogP contribution is 2.29. The zero-order valence-electron chi connectivity index (χ0n) is 11.4. The van der Waals surface area contributed by atoms with Crippen LogP contribution < -0.4 is 5.32 Å². The average molecular weight is 282 g/mol. The fraction of sp³-hybridized carbons (Fsp3) is 0.571. The Kier molecular flexibility index (Phi) is 4.64. The molecule has 0 radical (unpaired) electrons. The Hall–Kier alpha value is -1.29. The molecule has 0 aliphatic heterocycles. The molecule has 0 aromatic carbocycles. The lowest BCUT2D eigenvalue weighted by molar-refractivity contribution is 0.0743. The lowest BCUT2D eigenvalue weighted by Crippen LogP contribution is -2.33. The van der Waals surface area contributed by atoms with E-state index in [2.05, 4.69) is 17.2 Å². The van der Waals surface area contributed by atoms with Crippen molar-refractivity contribution < 1.29 is 4.79 Å². The van der Waals surface area contributed by atoms with Gasteiger partial charge in [-0.2, -0.15) is 0 Å². The smallest absolute Gasteiger partial charge is 0.255 e. The maximum atomic E-state index is 12.4. The van der Waals surface area contributed by atoms with Crippen molar-refractivity contribution >= 4 is 23.3 Å². The SMILES string of the molecule is CCCN(C(=O)c1cnc(NCC)c(Cl)c1)C1CC1. The van der Waals surface area contributed by atoms with E-state index >= 15 is 0 Å². The average Bonchev–Trinajstić information content (AvgIpc) is 3.22. The summed E-state index contributed by atoms with van der Waals surface area (Å²) in [6, 6.07) is 2.12. The van der Waals surface area contributed by atoms with E-state index in [9.17, 15) is 4.79 Å². The van der Waals surface area contributed by atoms with Gasteiger partial charge in [-0.3, -0.25) is 4.79 Å². The molecule has 1 heterocycles. The monoisotopic (exact) mass is 281 g/mol. The van der Waals surface area contributed by atoms with Crippen LogP contribution >= 0.6 is 11.6 Å². The lowest BCUT2D eigenvalue weighted by atomic mass is 10.2. The summed E-state index contributed by atoms with van der Waals surface area (Å²) in [5, 5.41) is 3.56. The highest BCUT2D eigenvalue weighted by atomic mass is 35.5. The zero-order valence-corrected chi connectivity index (χ0v) is 12.2. The van der Waals surface area contributed by atoms with E-state index in [1.165, 1.54) is 0 Å². The quantitative estimate of drug-likeness (QED) is 0.871. The molecule has 1 N–H and O–H groups in total. The molecule has 1 amide bonds. The van der Waals surface area contributed by atoms with Crippen molar-refractivity contribution in [2.45, 2.75) is 39.2 Å². The van der Waals surface area contributed by atoms with Crippen LogP contribution in [0.5, 0.6) is 0 Å². The number of hydrogen-bond acceptors (Lipinski definition) is 3. The van der Waals surface area contributed by atoms with E-state index in [0.717, 1.165) is 32.4 Å². The van der Waals surface area contributed by atoms with E-state index < -0.39 is 0 Å². The predicted molar refractivity (Wildman–Crippen MR) is 77.8 cm³/mol. The number of pyridine rings is 1. The van der Waals surface area contributed by atoms with Crippen LogP contribution in [0.15, 0.2) is 12.3 Å². The second-order valence-electron chi connectivity index (χ2n) is 4.81. The van der Waals surface area contributed by atoms with Gasteiger partial charge in [0.15, 0.2) is 0 Å². The molecule has 0 atom stereocenters. The number of amides is 1. The summed E-state index contributed by atoms with van der Waals surface area (Å²) in [6.07, 6.45) is 4.81. The number of aromatic nitrogens is 1. The maximum absolute atomic E-state index is 12.4. The van der Waals surface area contributed by atoms with Gasteiger partial charge in [-0.1, -0.05) is 18.5 Å². The number of rotatable bonds is 6. The Labute approximate surface area is 119 Å². The summed E-state index contributed by atoms with van der Waals surface area (Å²) in [7, 11) is 0. The van der Waals surface area contributed by atoms with E-state index in [4.69, 9.17) is 11.6 Å². The molecule has 19 heavy (non-hydrogen) atoms. The molecule has 1 aliphatic carbocycles. The van der Waals surface area contributed by atoms with Crippen molar-refractivity contribution in [3.63, 3.8) is 0 Å². The molecule has 1 fully saturated rings. The fourth-order valence-corrected chi connectivity index (χ4v) is 2.33. The van der Waals surface area contributed by atoms with Crippen LogP contribution in [0, 0.1) is 0 Å². The molecule has 1 aliphatic rings. The largest absolute Gasteiger partial charge is 0.369 e. The van der Waals surface area contributed by atoms with Gasteiger partial charge in [-0.25, -0.2) is 4.98 Å². The predicted octanol–water partition coefficient (Wildman–Crippen LogP) is 3.18. The minimum absolute atomic E-state index is 0.0433. The Balaban J connectivity index is 2.15. The zero-order chi connectivity index (χ0) is 13.8. The summed E-state index contributed by atoms with van der Waals surface area (Å²) in [6.45, 7) is 5.62. The van der Waals surface area contributed by atoms with Crippen molar-refractivity contribution in [1.29, 1.82) is 0 Å². The van der Waals surface area contributed by atoms with E-state index in [0.29, 0.717) is 22.4 Å². The van der Waals surface area contributed by atoms with E-state index in [-0.39, 0.29) is 5.91 Å². The molecule has 2 rings (SSSR count). The molecule has 5 heteroatoms. The van der Waals surface area contributed by atoms with Crippen LogP contribution in [0.25, 0.3) is 0 Å². The molecule has 104 valence electrons. The lowest BCUT2D eigenvalue weighted by Gasteiger charge is -2.21. The van der Waals surface area contributed by atoms with E-state index in [1.54, 1.807) is 12.3 Å². The standard InChI is InChI=1S/C14H20ClN3O/c1-3-7-18(11-5-6-11)14(19)10-8-12(15)13(16-4-2)17-9-10/h8-9,11H,3-7H2,1-2H3,(H,16,17). The molecule has 0 bridgehead atoms. The van der Waals surface area contributed by atoms with Gasteiger partial charge in [0.25, 0.3) is 5.91 Å². The van der Waals surface area contributed by atoms with E-state index in [1.807, 2.05) is 11.8 Å².